The smallest absolute Gasteiger partial charge is 0.0524 e. The first-order valence-corrected chi connectivity index (χ1v) is 6.03. The molecule has 3 nitrogen and oxygen atoms in total. The van der Waals surface area contributed by atoms with Crippen LogP contribution in [0.3, 0.4) is 0 Å². The third-order valence-electron chi connectivity index (χ3n) is 2.53. The van der Waals surface area contributed by atoms with E-state index in [4.69, 9.17) is 0 Å². The third-order valence-corrected chi connectivity index (χ3v) is 2.53. The minimum absolute atomic E-state index is 0.634. The Morgan fingerprint density at radius 2 is 2.18 bits per heavy atom. The zero-order valence-corrected chi connectivity index (χ0v) is 10.9. The van der Waals surface area contributed by atoms with Crippen molar-refractivity contribution in [2.24, 2.45) is 10.9 Å². The summed E-state index contributed by atoms with van der Waals surface area (Å²) in [4.78, 5) is 8.16. The number of hydrogen-bond acceptors (Lipinski definition) is 3. The summed E-state index contributed by atoms with van der Waals surface area (Å²) in [6, 6.07) is 3.86. The predicted octanol–water partition coefficient (Wildman–Crippen LogP) is 3.51. The topological polar surface area (TPSA) is 37.3 Å². The number of rotatable bonds is 2. The molecular formula is C14H21N3. The maximum absolute atomic E-state index is 4.27. The standard InChI is InChI=1S/C8H13N.C6H8N2/c1-7(2)8-5-3-4-6-9-8;1-7-6-3-2-4-8-5-6/h4,6-7H,3,5H2,1-2H3;2-5,7H,1H3. The van der Waals surface area contributed by atoms with E-state index >= 15 is 0 Å². The van der Waals surface area contributed by atoms with E-state index in [1.165, 1.54) is 12.1 Å². The van der Waals surface area contributed by atoms with Crippen LogP contribution in [0, 0.1) is 5.92 Å². The van der Waals surface area contributed by atoms with Gasteiger partial charge in [0.1, 0.15) is 0 Å². The Bertz CT molecular complexity index is 366. The van der Waals surface area contributed by atoms with Crippen LogP contribution in [0.4, 0.5) is 5.69 Å². The molecule has 0 aromatic carbocycles. The molecule has 0 bridgehead atoms. The highest BCUT2D eigenvalue weighted by Gasteiger charge is 2.04. The molecule has 0 fully saturated rings. The number of nitrogens with zero attached hydrogens (tertiary/aromatic N) is 2. The maximum atomic E-state index is 4.27. The molecule has 1 aliphatic heterocycles. The quantitative estimate of drug-likeness (QED) is 0.845. The summed E-state index contributed by atoms with van der Waals surface area (Å²) in [6.45, 7) is 4.38. The van der Waals surface area contributed by atoms with Gasteiger partial charge in [0.05, 0.1) is 5.69 Å². The first-order chi connectivity index (χ1) is 8.24. The molecule has 0 atom stereocenters. The van der Waals surface area contributed by atoms with Gasteiger partial charge in [-0.3, -0.25) is 9.98 Å². The zero-order valence-electron chi connectivity index (χ0n) is 10.9. The fourth-order valence-corrected chi connectivity index (χ4v) is 1.47. The summed E-state index contributed by atoms with van der Waals surface area (Å²) in [6.07, 6.45) is 9.90. The Labute approximate surface area is 104 Å². The average molecular weight is 231 g/mol. The normalized spacial score (nSPS) is 13.8. The largest absolute Gasteiger partial charge is 0.387 e. The highest BCUT2D eigenvalue weighted by molar-refractivity contribution is 5.87. The van der Waals surface area contributed by atoms with Crippen molar-refractivity contribution in [3.05, 3.63) is 36.8 Å². The molecule has 17 heavy (non-hydrogen) atoms. The van der Waals surface area contributed by atoms with Crippen LogP contribution >= 0.6 is 0 Å². The van der Waals surface area contributed by atoms with Gasteiger partial charge in [0.25, 0.3) is 0 Å². The molecule has 1 aromatic heterocycles. The number of aromatic nitrogens is 1. The monoisotopic (exact) mass is 231 g/mol. The van der Waals surface area contributed by atoms with Gasteiger partial charge in [0.2, 0.25) is 0 Å². The molecule has 2 rings (SSSR count). The molecule has 3 heteroatoms. The second-order valence-corrected chi connectivity index (χ2v) is 4.19. The summed E-state index contributed by atoms with van der Waals surface area (Å²) in [7, 11) is 1.87. The lowest BCUT2D eigenvalue weighted by Crippen LogP contribution is -2.07. The first-order valence-electron chi connectivity index (χ1n) is 6.03. The molecule has 92 valence electrons. The van der Waals surface area contributed by atoms with Crippen LogP contribution in [0.1, 0.15) is 26.7 Å². The van der Waals surface area contributed by atoms with Crippen molar-refractivity contribution in [3.63, 3.8) is 0 Å². The van der Waals surface area contributed by atoms with Crippen molar-refractivity contribution in [1.29, 1.82) is 0 Å². The molecular weight excluding hydrogens is 210 g/mol. The van der Waals surface area contributed by atoms with Crippen LogP contribution < -0.4 is 5.32 Å². The zero-order chi connectivity index (χ0) is 12.5. The maximum Gasteiger partial charge on any atom is 0.0524 e. The van der Waals surface area contributed by atoms with E-state index < -0.39 is 0 Å². The van der Waals surface area contributed by atoms with Crippen LogP contribution in [0.2, 0.25) is 0 Å². The molecule has 0 radical (unpaired) electrons. The molecule has 2 heterocycles. The van der Waals surface area contributed by atoms with Gasteiger partial charge < -0.3 is 5.32 Å². The van der Waals surface area contributed by atoms with Crippen molar-refractivity contribution in [1.82, 2.24) is 4.98 Å². The third kappa shape index (κ3) is 5.29. The van der Waals surface area contributed by atoms with Crippen molar-refractivity contribution in [2.45, 2.75) is 26.7 Å². The lowest BCUT2D eigenvalue weighted by Gasteiger charge is -2.09. The highest BCUT2D eigenvalue weighted by atomic mass is 14.8. The molecule has 1 aromatic rings. The van der Waals surface area contributed by atoms with Gasteiger partial charge in [-0.1, -0.05) is 19.9 Å². The van der Waals surface area contributed by atoms with E-state index in [1.54, 1.807) is 12.4 Å². The summed E-state index contributed by atoms with van der Waals surface area (Å²) in [5, 5.41) is 2.96. The van der Waals surface area contributed by atoms with E-state index in [0.717, 1.165) is 12.1 Å². The van der Waals surface area contributed by atoms with Crippen LogP contribution in [0.15, 0.2) is 41.8 Å². The molecule has 0 amide bonds. The van der Waals surface area contributed by atoms with Gasteiger partial charge in [-0.2, -0.15) is 0 Å². The lowest BCUT2D eigenvalue weighted by molar-refractivity contribution is 0.834. The molecule has 0 aliphatic carbocycles. The number of allylic oxidation sites excluding steroid dienone is 1. The predicted molar refractivity (Wildman–Crippen MR) is 74.4 cm³/mol. The van der Waals surface area contributed by atoms with Crippen LogP contribution in [-0.2, 0) is 0 Å². The number of hydrogen-bond donors (Lipinski definition) is 1. The van der Waals surface area contributed by atoms with Crippen LogP contribution in [0.5, 0.6) is 0 Å². The van der Waals surface area contributed by atoms with Gasteiger partial charge in [0.15, 0.2) is 0 Å². The van der Waals surface area contributed by atoms with Gasteiger partial charge in [-0.05, 0) is 30.9 Å². The fraction of sp³-hybridized carbons (Fsp3) is 0.429. The number of aliphatic imine (C=N–C) groups is 1. The van der Waals surface area contributed by atoms with Gasteiger partial charge >= 0.3 is 0 Å². The number of pyridine rings is 1. The Balaban J connectivity index is 0.000000171. The second kappa shape index (κ2) is 7.60. The molecule has 0 unspecified atom stereocenters. The van der Waals surface area contributed by atoms with Crippen LogP contribution in [-0.4, -0.2) is 17.7 Å². The van der Waals surface area contributed by atoms with E-state index in [-0.39, 0.29) is 0 Å². The Morgan fingerprint density at radius 1 is 1.35 bits per heavy atom. The molecule has 0 spiro atoms. The van der Waals surface area contributed by atoms with E-state index in [0.29, 0.717) is 5.92 Å². The molecule has 0 saturated carbocycles. The minimum atomic E-state index is 0.634. The lowest BCUT2D eigenvalue weighted by atomic mass is 10.0. The van der Waals surface area contributed by atoms with E-state index in [1.807, 2.05) is 25.4 Å². The highest BCUT2D eigenvalue weighted by Crippen LogP contribution is 2.09. The Kier molecular flexibility index (Phi) is 6.00. The summed E-state index contributed by atoms with van der Waals surface area (Å²) in [5.74, 6) is 0.634. The SMILES string of the molecule is CC(C)C1=NC=CCC1.CNc1cccnc1. The van der Waals surface area contributed by atoms with Crippen LogP contribution in [0.25, 0.3) is 0 Å². The van der Waals surface area contributed by atoms with Crippen molar-refractivity contribution in [2.75, 3.05) is 12.4 Å². The van der Waals surface area contributed by atoms with E-state index in [9.17, 15) is 0 Å². The summed E-state index contributed by atoms with van der Waals surface area (Å²) >= 11 is 0. The summed E-state index contributed by atoms with van der Waals surface area (Å²) < 4.78 is 0. The number of nitrogens with one attached hydrogen (secondary N) is 1. The summed E-state index contributed by atoms with van der Waals surface area (Å²) in [5.41, 5.74) is 2.39. The van der Waals surface area contributed by atoms with Gasteiger partial charge in [-0.15, -0.1) is 0 Å². The minimum Gasteiger partial charge on any atom is -0.387 e. The van der Waals surface area contributed by atoms with Crippen molar-refractivity contribution >= 4 is 11.4 Å². The number of anilines is 1. The fourth-order valence-electron chi connectivity index (χ4n) is 1.47. The second-order valence-electron chi connectivity index (χ2n) is 4.19. The van der Waals surface area contributed by atoms with Gasteiger partial charge in [0, 0.05) is 31.4 Å². The Hall–Kier alpha value is -1.64. The van der Waals surface area contributed by atoms with E-state index in [2.05, 4.69) is 35.2 Å². The first kappa shape index (κ1) is 13.4. The average Bonchev–Trinajstić information content (AvgIpc) is 2.41. The van der Waals surface area contributed by atoms with Crippen molar-refractivity contribution in [3.8, 4) is 0 Å². The molecule has 0 saturated heterocycles. The molecule has 1 N–H and O–H groups in total. The van der Waals surface area contributed by atoms with Crippen molar-refractivity contribution < 1.29 is 0 Å². The Morgan fingerprint density at radius 3 is 2.53 bits per heavy atom. The molecule has 1 aliphatic rings. The van der Waals surface area contributed by atoms with Gasteiger partial charge in [-0.25, -0.2) is 0 Å².